The number of rotatable bonds is 22. The minimum absolute atomic E-state index is 0.371. The highest BCUT2D eigenvalue weighted by molar-refractivity contribution is 6.92. The van der Waals surface area contributed by atoms with Crippen molar-refractivity contribution in [1.29, 1.82) is 0 Å². The van der Waals surface area contributed by atoms with E-state index in [0.717, 1.165) is 38.9 Å². The van der Waals surface area contributed by atoms with Gasteiger partial charge in [0.05, 0.1) is 17.6 Å². The number of alkyl halides is 2. The van der Waals surface area contributed by atoms with Gasteiger partial charge in [-0.3, -0.25) is 0 Å². The lowest BCUT2D eigenvalue weighted by Crippen LogP contribution is -2.63. The summed E-state index contributed by atoms with van der Waals surface area (Å²) in [5.74, 6) is 0. The van der Waals surface area contributed by atoms with Crippen molar-refractivity contribution in [2.45, 2.75) is 113 Å². The molecule has 2 aromatic carbocycles. The molecule has 2 nitrogen and oxygen atoms in total. The van der Waals surface area contributed by atoms with E-state index in [2.05, 4.69) is 86.9 Å². The molecule has 2 aromatic rings. The number of halogens is 2. The highest BCUT2D eigenvalue weighted by atomic mass is 35.5. The van der Waals surface area contributed by atoms with Gasteiger partial charge in [-0.15, -0.1) is 23.2 Å². The molecule has 7 heteroatoms. The lowest BCUT2D eigenvalue weighted by Gasteiger charge is -2.31. The zero-order valence-corrected chi connectivity index (χ0v) is 29.4. The molecule has 0 heterocycles. The average Bonchev–Trinajstić information content (AvgIpc) is 2.95. The van der Waals surface area contributed by atoms with Gasteiger partial charge in [0.25, 0.3) is 0 Å². The first-order valence-electron chi connectivity index (χ1n) is 15.1. The van der Waals surface area contributed by atoms with E-state index in [-0.39, 0.29) is 17.6 Å². The predicted molar refractivity (Wildman–Crippen MR) is 179 cm³/mol. The second-order valence-corrected chi connectivity index (χ2v) is 21.7. The zero-order valence-electron chi connectivity index (χ0n) is 24.9. The molecule has 0 spiro atoms. The Morgan fingerprint density at radius 3 is 1.23 bits per heavy atom. The van der Waals surface area contributed by atoms with Crippen molar-refractivity contribution in [3.8, 4) is 0 Å². The van der Waals surface area contributed by atoms with Crippen LogP contribution in [0.1, 0.15) is 77.0 Å². The van der Waals surface area contributed by atoms with Gasteiger partial charge in [-0.1, -0.05) is 138 Å². The largest absolute Gasteiger partial charge is 0.407 e. The first-order chi connectivity index (χ1) is 18.9. The molecule has 2 radical (unpaired) electrons. The second-order valence-electron chi connectivity index (χ2n) is 11.2. The van der Waals surface area contributed by atoms with Crippen LogP contribution in [0.25, 0.3) is 0 Å². The van der Waals surface area contributed by atoms with Gasteiger partial charge in [-0.05, 0) is 36.1 Å². The van der Waals surface area contributed by atoms with Gasteiger partial charge in [0.1, 0.15) is 0 Å². The molecule has 0 saturated carbocycles. The van der Waals surface area contributed by atoms with E-state index >= 15 is 0 Å². The molecular weight excluding hydrogens is 572 g/mol. The molecule has 0 saturated heterocycles. The van der Waals surface area contributed by atoms with E-state index in [1.807, 2.05) is 0 Å². The van der Waals surface area contributed by atoms with Crippen LogP contribution in [0.3, 0.4) is 0 Å². The van der Waals surface area contributed by atoms with Gasteiger partial charge < -0.3 is 8.85 Å². The van der Waals surface area contributed by atoms with E-state index in [9.17, 15) is 0 Å². The molecule has 39 heavy (non-hydrogen) atoms. The van der Waals surface area contributed by atoms with Crippen LogP contribution in [0.5, 0.6) is 0 Å². The summed E-state index contributed by atoms with van der Waals surface area (Å²) in [6, 6.07) is 21.4. The molecule has 0 amide bonds. The molecule has 0 aliphatic rings. The maximum Gasteiger partial charge on any atom is 0.407 e. The molecular formula is C32H52Cl2O2Si3. The fourth-order valence-electron chi connectivity index (χ4n) is 4.78. The number of hydrogen-bond donors (Lipinski definition) is 0. The van der Waals surface area contributed by atoms with Gasteiger partial charge in [0.15, 0.2) is 0 Å². The van der Waals surface area contributed by atoms with Crippen LogP contribution in [0.15, 0.2) is 60.7 Å². The molecule has 218 valence electrons. The Balaban J connectivity index is 1.90. The van der Waals surface area contributed by atoms with Gasteiger partial charge >= 0.3 is 8.56 Å². The highest BCUT2D eigenvalue weighted by Gasteiger charge is 2.42. The van der Waals surface area contributed by atoms with E-state index in [1.165, 1.54) is 61.7 Å². The Labute approximate surface area is 254 Å². The minimum atomic E-state index is -2.78. The van der Waals surface area contributed by atoms with Gasteiger partial charge in [0.2, 0.25) is 0 Å². The van der Waals surface area contributed by atoms with Crippen LogP contribution >= 0.6 is 23.2 Å². The van der Waals surface area contributed by atoms with Crippen molar-refractivity contribution in [3.63, 3.8) is 0 Å². The van der Waals surface area contributed by atoms with Crippen molar-refractivity contribution in [1.82, 2.24) is 0 Å². The summed E-state index contributed by atoms with van der Waals surface area (Å²) in [5.41, 5.74) is 0. The van der Waals surface area contributed by atoms with Crippen LogP contribution in [0.4, 0.5) is 0 Å². The van der Waals surface area contributed by atoms with Crippen molar-refractivity contribution >= 4 is 59.7 Å². The highest BCUT2D eigenvalue weighted by Crippen LogP contribution is 2.17. The van der Waals surface area contributed by atoms with Crippen molar-refractivity contribution < 1.29 is 8.85 Å². The standard InChI is InChI=1S/C32H52Cl2O2Si3/c1-37(2)31(33)25-17-7-5-9-19-27-35-39(29-21-13-11-14-22-29,30-23-15-12-16-24-30)36-28-20-10-6-8-18-26-32(34)38(3)4/h11-16,21-24,31-32H,5-10,17-20,25-28H2,1-4H3. The van der Waals surface area contributed by atoms with E-state index in [0.29, 0.717) is 10.0 Å². The Morgan fingerprint density at radius 1 is 0.538 bits per heavy atom. The molecule has 2 unspecified atom stereocenters. The van der Waals surface area contributed by atoms with Crippen LogP contribution in [-0.4, -0.2) is 49.4 Å². The van der Waals surface area contributed by atoms with Crippen molar-refractivity contribution in [2.24, 2.45) is 0 Å². The maximum absolute atomic E-state index is 6.86. The van der Waals surface area contributed by atoms with Crippen molar-refractivity contribution in [2.75, 3.05) is 13.2 Å². The summed E-state index contributed by atoms with van der Waals surface area (Å²) in [6.45, 7) is 10.7. The minimum Gasteiger partial charge on any atom is -0.388 e. The molecule has 0 bridgehead atoms. The average molecular weight is 624 g/mol. The summed E-state index contributed by atoms with van der Waals surface area (Å²) in [4.78, 5) is 0. The summed E-state index contributed by atoms with van der Waals surface area (Å²) in [7, 11) is -3.52. The Morgan fingerprint density at radius 2 is 0.872 bits per heavy atom. The third kappa shape index (κ3) is 13.4. The third-order valence-corrected chi connectivity index (χ3v) is 16.9. The van der Waals surface area contributed by atoms with Crippen LogP contribution in [0.2, 0.25) is 26.2 Å². The quantitative estimate of drug-likeness (QED) is 0.0742. The monoisotopic (exact) mass is 622 g/mol. The smallest absolute Gasteiger partial charge is 0.388 e. The SMILES string of the molecule is C[Si](C)C(Cl)CCCCCCCO[Si](OCCCCCCCC(Cl)[Si](C)C)(c1ccccc1)c1ccccc1. The molecule has 0 aliphatic carbocycles. The van der Waals surface area contributed by atoms with E-state index in [4.69, 9.17) is 32.1 Å². The fourth-order valence-corrected chi connectivity index (χ4v) is 9.86. The maximum atomic E-state index is 6.86. The van der Waals surface area contributed by atoms with Crippen molar-refractivity contribution in [3.05, 3.63) is 60.7 Å². The third-order valence-electron chi connectivity index (χ3n) is 7.38. The molecule has 0 aromatic heterocycles. The van der Waals surface area contributed by atoms with Gasteiger partial charge in [-0.25, -0.2) is 0 Å². The molecule has 2 atom stereocenters. The lowest BCUT2D eigenvalue weighted by molar-refractivity contribution is 0.184. The second kappa shape index (κ2) is 20.5. The molecule has 0 aliphatic heterocycles. The first-order valence-corrected chi connectivity index (χ1v) is 23.0. The number of unbranched alkanes of at least 4 members (excludes halogenated alkanes) is 8. The molecule has 0 fully saturated rings. The zero-order chi connectivity index (χ0) is 28.3. The first kappa shape index (κ1) is 34.8. The molecule has 2 rings (SSSR count). The fraction of sp³-hybridized carbons (Fsp3) is 0.625. The van der Waals surface area contributed by atoms with E-state index < -0.39 is 8.56 Å². The summed E-state index contributed by atoms with van der Waals surface area (Å²) in [5, 5.41) is 3.21. The van der Waals surface area contributed by atoms with E-state index in [1.54, 1.807) is 0 Å². The normalized spacial score (nSPS) is 13.7. The summed E-state index contributed by atoms with van der Waals surface area (Å²) in [6.07, 6.45) is 14.4. The van der Waals surface area contributed by atoms with Crippen LogP contribution in [-0.2, 0) is 8.85 Å². The molecule has 0 N–H and O–H groups in total. The number of hydrogen-bond acceptors (Lipinski definition) is 2. The predicted octanol–water partition coefficient (Wildman–Crippen LogP) is 8.76. The Hall–Kier alpha value is -0.409. The van der Waals surface area contributed by atoms with Crippen LogP contribution in [0, 0.1) is 0 Å². The van der Waals surface area contributed by atoms with Gasteiger partial charge in [-0.2, -0.15) is 0 Å². The topological polar surface area (TPSA) is 18.5 Å². The summed E-state index contributed by atoms with van der Waals surface area (Å²) >= 11 is 12.9. The summed E-state index contributed by atoms with van der Waals surface area (Å²) < 4.78 is 13.7. The Kier molecular flexibility index (Phi) is 18.3. The number of benzene rings is 2. The Bertz CT molecular complexity index is 784. The lowest BCUT2D eigenvalue weighted by atomic mass is 10.1. The van der Waals surface area contributed by atoms with Gasteiger partial charge in [0, 0.05) is 23.2 Å². The van der Waals surface area contributed by atoms with Crippen LogP contribution < -0.4 is 10.4 Å².